The first kappa shape index (κ1) is 22.8. The van der Waals surface area contributed by atoms with Gasteiger partial charge in [-0.25, -0.2) is 13.2 Å². The van der Waals surface area contributed by atoms with Crippen LogP contribution in [-0.2, 0) is 26.1 Å². The van der Waals surface area contributed by atoms with Crippen LogP contribution in [0, 0.1) is 0 Å². The normalized spacial score (nSPS) is 17.7. The maximum absolute atomic E-state index is 13.2. The van der Waals surface area contributed by atoms with Crippen molar-refractivity contribution in [3.63, 3.8) is 0 Å². The summed E-state index contributed by atoms with van der Waals surface area (Å²) >= 11 is 1.37. The lowest BCUT2D eigenvalue weighted by Crippen LogP contribution is -2.35. The number of benzene rings is 1. The second-order valence-electron chi connectivity index (χ2n) is 7.62. The Hall–Kier alpha value is -2.37. The van der Waals surface area contributed by atoms with E-state index in [0.29, 0.717) is 24.5 Å². The number of fused-ring (bicyclic) bond motifs is 1. The Balaban J connectivity index is 1.62. The highest BCUT2D eigenvalue weighted by atomic mass is 32.2. The molecular formula is C21H25N3O6S2. The molecule has 0 spiro atoms. The predicted octanol–water partition coefficient (Wildman–Crippen LogP) is 3.05. The van der Waals surface area contributed by atoms with Crippen LogP contribution in [0.3, 0.4) is 0 Å². The number of anilines is 1. The van der Waals surface area contributed by atoms with Gasteiger partial charge in [0.25, 0.3) is 0 Å². The largest absolute Gasteiger partial charge is 0.461 e. The van der Waals surface area contributed by atoms with Crippen molar-refractivity contribution in [2.45, 2.75) is 48.9 Å². The second-order valence-corrected chi connectivity index (χ2v) is 10.6. The summed E-state index contributed by atoms with van der Waals surface area (Å²) in [5.41, 5.74) is 0.537. The van der Waals surface area contributed by atoms with Gasteiger partial charge in [-0.1, -0.05) is 18.0 Å². The van der Waals surface area contributed by atoms with Crippen LogP contribution in [0.15, 0.2) is 38.6 Å². The minimum Gasteiger partial charge on any atom is -0.461 e. The molecule has 4 rings (SSSR count). The summed E-state index contributed by atoms with van der Waals surface area (Å²) in [7, 11) is -3.66. The van der Waals surface area contributed by atoms with E-state index >= 15 is 0 Å². The molecule has 1 saturated heterocycles. The van der Waals surface area contributed by atoms with E-state index in [9.17, 15) is 18.0 Å². The first-order valence-electron chi connectivity index (χ1n) is 10.6. The Morgan fingerprint density at radius 2 is 1.94 bits per heavy atom. The van der Waals surface area contributed by atoms with E-state index in [-0.39, 0.29) is 35.4 Å². The van der Waals surface area contributed by atoms with Gasteiger partial charge in [0.1, 0.15) is 0 Å². The smallest absolute Gasteiger partial charge is 0.360 e. The number of hydrogen-bond donors (Lipinski definition) is 0. The maximum Gasteiger partial charge on any atom is 0.360 e. The lowest BCUT2D eigenvalue weighted by molar-refractivity contribution is -0.116. The predicted molar refractivity (Wildman–Crippen MR) is 118 cm³/mol. The van der Waals surface area contributed by atoms with Crippen LogP contribution in [0.4, 0.5) is 5.69 Å². The monoisotopic (exact) mass is 479 g/mol. The highest BCUT2D eigenvalue weighted by Gasteiger charge is 2.31. The van der Waals surface area contributed by atoms with Crippen molar-refractivity contribution in [2.75, 3.05) is 30.3 Å². The number of aromatic nitrogens is 1. The number of thioether (sulfide) groups is 1. The lowest BCUT2D eigenvalue weighted by Gasteiger charge is -2.29. The summed E-state index contributed by atoms with van der Waals surface area (Å²) < 4.78 is 38.2. The first-order chi connectivity index (χ1) is 15.4. The number of carbonyl (C=O) groups excluding carboxylic acids is 2. The van der Waals surface area contributed by atoms with Gasteiger partial charge in [-0.15, -0.1) is 11.8 Å². The number of ether oxygens (including phenoxy) is 1. The standard InChI is InChI=1S/C21H25N3O6S2/c1-2-29-21(26)17-11-15(30-22-17)13-24-18-12-16(7-8-19(18)31-14-20(24)25)32(27,28)23-9-5-3-4-6-10-23/h7-8,11-12H,2-6,9-10,13-14H2,1H3. The number of sulfonamides is 1. The van der Waals surface area contributed by atoms with Gasteiger partial charge in [0.05, 0.1) is 29.5 Å². The molecule has 1 aromatic heterocycles. The number of hydrogen-bond acceptors (Lipinski definition) is 8. The van der Waals surface area contributed by atoms with E-state index in [2.05, 4.69) is 5.16 Å². The van der Waals surface area contributed by atoms with Gasteiger partial charge < -0.3 is 14.2 Å². The van der Waals surface area contributed by atoms with Crippen LogP contribution in [-0.4, -0.2) is 55.2 Å². The average Bonchev–Trinajstić information content (AvgIpc) is 3.07. The van der Waals surface area contributed by atoms with Crippen molar-refractivity contribution in [3.05, 3.63) is 35.7 Å². The fourth-order valence-corrected chi connectivity index (χ4v) is 6.25. The molecule has 3 heterocycles. The zero-order valence-electron chi connectivity index (χ0n) is 17.8. The fraction of sp³-hybridized carbons (Fsp3) is 0.476. The van der Waals surface area contributed by atoms with Crippen molar-refractivity contribution in [1.82, 2.24) is 9.46 Å². The van der Waals surface area contributed by atoms with Crippen LogP contribution in [0.25, 0.3) is 0 Å². The van der Waals surface area contributed by atoms with Gasteiger partial charge in [-0.2, -0.15) is 4.31 Å². The maximum atomic E-state index is 13.2. The molecule has 0 N–H and O–H groups in total. The molecule has 0 bridgehead atoms. The summed E-state index contributed by atoms with van der Waals surface area (Å²) in [5, 5.41) is 3.71. The minimum atomic E-state index is -3.66. The Labute approximate surface area is 191 Å². The lowest BCUT2D eigenvalue weighted by atomic mass is 10.2. The van der Waals surface area contributed by atoms with E-state index in [1.54, 1.807) is 25.1 Å². The van der Waals surface area contributed by atoms with Crippen LogP contribution in [0.5, 0.6) is 0 Å². The van der Waals surface area contributed by atoms with E-state index in [0.717, 1.165) is 30.6 Å². The summed E-state index contributed by atoms with van der Waals surface area (Å²) in [4.78, 5) is 27.0. The van der Waals surface area contributed by atoms with Crippen molar-refractivity contribution < 1.29 is 27.3 Å². The molecule has 9 nitrogen and oxygen atoms in total. The van der Waals surface area contributed by atoms with Crippen molar-refractivity contribution in [2.24, 2.45) is 0 Å². The summed E-state index contributed by atoms with van der Waals surface area (Å²) in [6.45, 7) is 2.95. The molecule has 0 radical (unpaired) electrons. The quantitative estimate of drug-likeness (QED) is 0.582. The molecule has 0 unspecified atom stereocenters. The third kappa shape index (κ3) is 4.69. The average molecular weight is 480 g/mol. The summed E-state index contributed by atoms with van der Waals surface area (Å²) in [6, 6.07) is 6.34. The Bertz CT molecular complexity index is 1110. The summed E-state index contributed by atoms with van der Waals surface area (Å²) in [6.07, 6.45) is 3.75. The van der Waals surface area contributed by atoms with Crippen LogP contribution < -0.4 is 4.90 Å². The second kappa shape index (κ2) is 9.63. The van der Waals surface area contributed by atoms with Crippen LogP contribution in [0.2, 0.25) is 0 Å². The highest BCUT2D eigenvalue weighted by Crippen LogP contribution is 2.38. The molecule has 1 amide bonds. The van der Waals surface area contributed by atoms with E-state index in [1.165, 1.54) is 27.0 Å². The minimum absolute atomic E-state index is 0.0263. The number of esters is 1. The number of nitrogens with zero attached hydrogens (tertiary/aromatic N) is 3. The molecule has 2 aliphatic rings. The Kier molecular flexibility index (Phi) is 6.87. The number of amides is 1. The van der Waals surface area contributed by atoms with Crippen molar-refractivity contribution in [3.8, 4) is 0 Å². The van der Waals surface area contributed by atoms with Gasteiger partial charge in [-0.3, -0.25) is 4.79 Å². The van der Waals surface area contributed by atoms with E-state index < -0.39 is 16.0 Å². The molecule has 2 aromatic rings. The third-order valence-electron chi connectivity index (χ3n) is 5.43. The molecule has 11 heteroatoms. The van der Waals surface area contributed by atoms with Crippen LogP contribution in [0.1, 0.15) is 48.9 Å². The molecule has 1 aromatic carbocycles. The van der Waals surface area contributed by atoms with Gasteiger partial charge in [0.2, 0.25) is 15.9 Å². The van der Waals surface area contributed by atoms with E-state index in [1.807, 2.05) is 0 Å². The van der Waals surface area contributed by atoms with Crippen molar-refractivity contribution in [1.29, 1.82) is 0 Å². The summed E-state index contributed by atoms with van der Waals surface area (Å²) in [5.74, 6) is -0.250. The molecular weight excluding hydrogens is 454 g/mol. The molecule has 0 atom stereocenters. The number of rotatable bonds is 6. The first-order valence-corrected chi connectivity index (χ1v) is 13.0. The van der Waals surface area contributed by atoms with E-state index in [4.69, 9.17) is 9.26 Å². The molecule has 1 fully saturated rings. The van der Waals surface area contributed by atoms with Crippen molar-refractivity contribution >= 4 is 39.3 Å². The molecule has 2 aliphatic heterocycles. The van der Waals surface area contributed by atoms with Gasteiger partial charge in [0, 0.05) is 24.1 Å². The van der Waals surface area contributed by atoms with Crippen LogP contribution >= 0.6 is 11.8 Å². The molecule has 32 heavy (non-hydrogen) atoms. The zero-order chi connectivity index (χ0) is 22.7. The van der Waals surface area contributed by atoms with Gasteiger partial charge >= 0.3 is 5.97 Å². The topological polar surface area (TPSA) is 110 Å². The fourth-order valence-electron chi connectivity index (χ4n) is 3.79. The Morgan fingerprint density at radius 3 is 2.66 bits per heavy atom. The third-order valence-corrected chi connectivity index (χ3v) is 8.38. The highest BCUT2D eigenvalue weighted by molar-refractivity contribution is 8.00. The molecule has 0 aliphatic carbocycles. The molecule has 172 valence electrons. The zero-order valence-corrected chi connectivity index (χ0v) is 19.4. The van der Waals surface area contributed by atoms with Gasteiger partial charge in [0.15, 0.2) is 11.5 Å². The van der Waals surface area contributed by atoms with Gasteiger partial charge in [-0.05, 0) is 38.0 Å². The number of carbonyl (C=O) groups is 2. The SMILES string of the molecule is CCOC(=O)c1cc(CN2C(=O)CSc3ccc(S(=O)(=O)N4CCCCCC4)cc32)on1. The Morgan fingerprint density at radius 1 is 1.19 bits per heavy atom. The molecule has 0 saturated carbocycles.